The quantitative estimate of drug-likeness (QED) is 0.715. The van der Waals surface area contributed by atoms with E-state index in [-0.39, 0.29) is 11.5 Å². The Balaban J connectivity index is 1.48. The summed E-state index contributed by atoms with van der Waals surface area (Å²) in [5.41, 5.74) is 1.91. The number of aryl methyl sites for hydroxylation is 2. The minimum atomic E-state index is -0.609. The molecule has 156 valence electrons. The van der Waals surface area contributed by atoms with Crippen LogP contribution in [0.3, 0.4) is 0 Å². The summed E-state index contributed by atoms with van der Waals surface area (Å²) in [6.07, 6.45) is 0.0688. The van der Waals surface area contributed by atoms with E-state index in [1.54, 1.807) is 6.92 Å². The summed E-state index contributed by atoms with van der Waals surface area (Å²) in [5, 5.41) is 0.771. The van der Waals surface area contributed by atoms with Gasteiger partial charge in [0.05, 0.1) is 18.6 Å². The van der Waals surface area contributed by atoms with Gasteiger partial charge >= 0.3 is 5.63 Å². The van der Waals surface area contributed by atoms with Gasteiger partial charge in [-0.25, -0.2) is 4.79 Å². The van der Waals surface area contributed by atoms with E-state index < -0.39 is 6.10 Å². The molecular formula is C22H28N2O5. The highest BCUT2D eigenvalue weighted by molar-refractivity contribution is 5.88. The topological polar surface area (TPSA) is 72.2 Å². The second kappa shape index (κ2) is 8.16. The predicted octanol–water partition coefficient (Wildman–Crippen LogP) is 1.97. The number of hydrogen-bond donors (Lipinski definition) is 0. The molecule has 7 nitrogen and oxygen atoms in total. The van der Waals surface area contributed by atoms with Crippen LogP contribution in [0.5, 0.6) is 5.75 Å². The van der Waals surface area contributed by atoms with Crippen LogP contribution in [-0.4, -0.2) is 67.2 Å². The Bertz CT molecular complexity index is 958. The largest absolute Gasteiger partial charge is 0.480 e. The summed E-state index contributed by atoms with van der Waals surface area (Å²) in [4.78, 5) is 28.9. The Hall–Kier alpha value is -2.38. The third-order valence-electron chi connectivity index (χ3n) is 5.80. The lowest BCUT2D eigenvalue weighted by Crippen LogP contribution is -2.64. The lowest BCUT2D eigenvalue weighted by molar-refractivity contribution is -0.146. The number of carbonyl (C=O) groups is 1. The molecule has 0 aliphatic carbocycles. The highest BCUT2D eigenvalue weighted by Crippen LogP contribution is 2.31. The summed E-state index contributed by atoms with van der Waals surface area (Å²) in [7, 11) is 0. The average Bonchev–Trinajstić information content (AvgIpc) is 2.66. The van der Waals surface area contributed by atoms with Crippen molar-refractivity contribution < 1.29 is 18.7 Å². The minimum absolute atomic E-state index is 0.0143. The van der Waals surface area contributed by atoms with Crippen LogP contribution in [0.25, 0.3) is 11.0 Å². The average molecular weight is 400 g/mol. The summed E-state index contributed by atoms with van der Waals surface area (Å²) < 4.78 is 16.9. The molecule has 0 N–H and O–H groups in total. The number of morpholine rings is 1. The predicted molar refractivity (Wildman–Crippen MR) is 109 cm³/mol. The van der Waals surface area contributed by atoms with Crippen molar-refractivity contribution in [1.29, 1.82) is 0 Å². The van der Waals surface area contributed by atoms with Gasteiger partial charge in [-0.2, -0.15) is 0 Å². The van der Waals surface area contributed by atoms with Crippen LogP contribution in [-0.2, 0) is 16.0 Å². The zero-order valence-electron chi connectivity index (χ0n) is 17.3. The molecule has 2 aliphatic heterocycles. The first-order valence-electron chi connectivity index (χ1n) is 10.3. The molecule has 7 heteroatoms. The lowest BCUT2D eigenvalue weighted by Gasteiger charge is -2.47. The van der Waals surface area contributed by atoms with Crippen LogP contribution in [0.1, 0.15) is 25.0 Å². The van der Waals surface area contributed by atoms with Gasteiger partial charge in [-0.05, 0) is 43.5 Å². The number of nitrogens with zero attached hydrogens (tertiary/aromatic N) is 2. The normalized spacial score (nSPS) is 19.2. The fraction of sp³-hybridized carbons (Fsp3) is 0.545. The zero-order chi connectivity index (χ0) is 20.5. The van der Waals surface area contributed by atoms with Gasteiger partial charge in [0.15, 0.2) is 6.10 Å². The van der Waals surface area contributed by atoms with Crippen LogP contribution in [0, 0.1) is 6.92 Å². The molecule has 1 aromatic carbocycles. The van der Waals surface area contributed by atoms with Crippen molar-refractivity contribution in [3.8, 4) is 5.75 Å². The maximum atomic E-state index is 12.9. The molecule has 2 fully saturated rings. The Kier molecular flexibility index (Phi) is 5.61. The van der Waals surface area contributed by atoms with Gasteiger partial charge in [0.2, 0.25) is 0 Å². The molecule has 1 amide bonds. The summed E-state index contributed by atoms with van der Waals surface area (Å²) in [5.74, 6) is 0.575. The Labute approximate surface area is 170 Å². The van der Waals surface area contributed by atoms with Crippen LogP contribution in [0.2, 0.25) is 0 Å². The first-order valence-corrected chi connectivity index (χ1v) is 10.3. The van der Waals surface area contributed by atoms with Crippen molar-refractivity contribution >= 4 is 16.9 Å². The first-order chi connectivity index (χ1) is 14.0. The Morgan fingerprint density at radius 3 is 2.66 bits per heavy atom. The van der Waals surface area contributed by atoms with Crippen molar-refractivity contribution in [2.24, 2.45) is 0 Å². The number of fused-ring (bicyclic) bond motifs is 1. The van der Waals surface area contributed by atoms with Gasteiger partial charge < -0.3 is 18.8 Å². The summed E-state index contributed by atoms with van der Waals surface area (Å²) >= 11 is 0. The van der Waals surface area contributed by atoms with E-state index in [2.05, 4.69) is 4.90 Å². The number of carbonyl (C=O) groups excluding carboxylic acids is 1. The van der Waals surface area contributed by atoms with Gasteiger partial charge in [0.1, 0.15) is 11.3 Å². The van der Waals surface area contributed by atoms with E-state index >= 15 is 0 Å². The SMILES string of the molecule is CCc1cc(=O)oc2cc(C)cc(OC(C)C(=O)N3CC(N4CCOCC4)C3)c12. The van der Waals surface area contributed by atoms with E-state index in [9.17, 15) is 9.59 Å². The maximum absolute atomic E-state index is 12.9. The zero-order valence-corrected chi connectivity index (χ0v) is 17.3. The fourth-order valence-electron chi connectivity index (χ4n) is 4.15. The van der Waals surface area contributed by atoms with Crippen LogP contribution < -0.4 is 10.4 Å². The van der Waals surface area contributed by atoms with E-state index in [1.165, 1.54) is 6.07 Å². The van der Waals surface area contributed by atoms with Crippen molar-refractivity contribution in [3.63, 3.8) is 0 Å². The Morgan fingerprint density at radius 1 is 1.24 bits per heavy atom. The monoisotopic (exact) mass is 400 g/mol. The number of amides is 1. The second-order valence-corrected chi connectivity index (χ2v) is 7.89. The molecule has 0 saturated carbocycles. The number of ether oxygens (including phenoxy) is 2. The molecule has 3 heterocycles. The first kappa shape index (κ1) is 19.9. The van der Waals surface area contributed by atoms with Crippen LogP contribution >= 0.6 is 0 Å². The van der Waals surface area contributed by atoms with E-state index in [4.69, 9.17) is 13.9 Å². The molecule has 29 heavy (non-hydrogen) atoms. The van der Waals surface area contributed by atoms with E-state index in [1.807, 2.05) is 30.9 Å². The molecule has 1 unspecified atom stereocenters. The molecule has 0 bridgehead atoms. The number of hydrogen-bond acceptors (Lipinski definition) is 6. The molecule has 2 aliphatic rings. The molecular weight excluding hydrogens is 372 g/mol. The Morgan fingerprint density at radius 2 is 1.97 bits per heavy atom. The number of benzene rings is 1. The standard InChI is InChI=1S/C22H28N2O5/c1-4-16-11-20(25)29-19-10-14(2)9-18(21(16)19)28-15(3)22(26)24-12-17(13-24)23-5-7-27-8-6-23/h9-11,15,17H,4-8,12-13H2,1-3H3. The van der Waals surface area contributed by atoms with Crippen LogP contribution in [0.4, 0.5) is 0 Å². The fourth-order valence-corrected chi connectivity index (χ4v) is 4.15. The van der Waals surface area contributed by atoms with E-state index in [0.717, 1.165) is 55.9 Å². The molecule has 1 atom stereocenters. The molecule has 4 rings (SSSR count). The van der Waals surface area contributed by atoms with E-state index in [0.29, 0.717) is 23.8 Å². The van der Waals surface area contributed by atoms with Crippen LogP contribution in [0.15, 0.2) is 27.4 Å². The minimum Gasteiger partial charge on any atom is -0.480 e. The van der Waals surface area contributed by atoms with Gasteiger partial charge in [-0.15, -0.1) is 0 Å². The second-order valence-electron chi connectivity index (χ2n) is 7.89. The highest BCUT2D eigenvalue weighted by Gasteiger charge is 2.37. The van der Waals surface area contributed by atoms with Crippen molar-refractivity contribution in [3.05, 3.63) is 39.7 Å². The van der Waals surface area contributed by atoms with Gasteiger partial charge in [-0.3, -0.25) is 9.69 Å². The molecule has 2 saturated heterocycles. The van der Waals surface area contributed by atoms with Gasteiger partial charge in [0.25, 0.3) is 5.91 Å². The smallest absolute Gasteiger partial charge is 0.336 e. The molecule has 0 spiro atoms. The number of likely N-dealkylation sites (tertiary alicyclic amines) is 1. The van der Waals surface area contributed by atoms with Crippen molar-refractivity contribution in [1.82, 2.24) is 9.80 Å². The molecule has 0 radical (unpaired) electrons. The summed E-state index contributed by atoms with van der Waals surface area (Å²) in [6, 6.07) is 5.64. The third kappa shape index (κ3) is 4.02. The molecule has 2 aromatic rings. The molecule has 1 aromatic heterocycles. The third-order valence-corrected chi connectivity index (χ3v) is 5.80. The van der Waals surface area contributed by atoms with Gasteiger partial charge in [0, 0.05) is 38.3 Å². The highest BCUT2D eigenvalue weighted by atomic mass is 16.5. The maximum Gasteiger partial charge on any atom is 0.336 e. The van der Waals surface area contributed by atoms with Crippen molar-refractivity contribution in [2.75, 3.05) is 39.4 Å². The van der Waals surface area contributed by atoms with Gasteiger partial charge in [-0.1, -0.05) is 6.92 Å². The number of rotatable bonds is 5. The lowest BCUT2D eigenvalue weighted by atomic mass is 10.0. The van der Waals surface area contributed by atoms with Crippen molar-refractivity contribution in [2.45, 2.75) is 39.3 Å². The summed E-state index contributed by atoms with van der Waals surface area (Å²) in [6.45, 7) is 10.5.